The van der Waals surface area contributed by atoms with Gasteiger partial charge in [0.25, 0.3) is 5.56 Å². The standard InChI is InChI=1S/C22H23N3O4/c1-3-29-19-10-8-18(9-11-19)23-20(26)15-25-21(27)12-13-24(22(25)28)14-17-6-4-16(2)5-7-17/h4-13H,3,14-15H2,1-2H3,(H,23,26). The zero-order valence-corrected chi connectivity index (χ0v) is 16.4. The van der Waals surface area contributed by atoms with E-state index in [1.165, 1.54) is 16.8 Å². The van der Waals surface area contributed by atoms with Crippen LogP contribution in [0.4, 0.5) is 5.69 Å². The van der Waals surface area contributed by atoms with Crippen molar-refractivity contribution in [3.8, 4) is 5.75 Å². The second-order valence-corrected chi connectivity index (χ2v) is 6.64. The molecule has 0 bridgehead atoms. The summed E-state index contributed by atoms with van der Waals surface area (Å²) in [6.07, 6.45) is 1.45. The third-order valence-corrected chi connectivity index (χ3v) is 4.36. The van der Waals surface area contributed by atoms with E-state index in [4.69, 9.17) is 4.74 Å². The third-order valence-electron chi connectivity index (χ3n) is 4.36. The van der Waals surface area contributed by atoms with Gasteiger partial charge in [-0.3, -0.25) is 18.7 Å². The van der Waals surface area contributed by atoms with Crippen molar-refractivity contribution >= 4 is 11.6 Å². The minimum atomic E-state index is -0.528. The van der Waals surface area contributed by atoms with Crippen molar-refractivity contribution < 1.29 is 9.53 Å². The third kappa shape index (κ3) is 5.22. The first-order valence-corrected chi connectivity index (χ1v) is 9.35. The quantitative estimate of drug-likeness (QED) is 0.668. The molecule has 0 spiro atoms. The number of hydrogen-bond acceptors (Lipinski definition) is 4. The van der Waals surface area contributed by atoms with E-state index in [0.29, 0.717) is 24.6 Å². The van der Waals surface area contributed by atoms with Crippen LogP contribution in [0.1, 0.15) is 18.1 Å². The van der Waals surface area contributed by atoms with E-state index in [2.05, 4.69) is 5.32 Å². The highest BCUT2D eigenvalue weighted by atomic mass is 16.5. The van der Waals surface area contributed by atoms with E-state index in [0.717, 1.165) is 15.7 Å². The van der Waals surface area contributed by atoms with Crippen molar-refractivity contribution in [2.75, 3.05) is 11.9 Å². The monoisotopic (exact) mass is 393 g/mol. The summed E-state index contributed by atoms with van der Waals surface area (Å²) < 4.78 is 7.70. The molecular weight excluding hydrogens is 370 g/mol. The van der Waals surface area contributed by atoms with E-state index in [1.807, 2.05) is 38.1 Å². The van der Waals surface area contributed by atoms with Crippen LogP contribution in [0.5, 0.6) is 5.75 Å². The summed E-state index contributed by atoms with van der Waals surface area (Å²) in [4.78, 5) is 37.2. The predicted octanol–water partition coefficient (Wildman–Crippen LogP) is 2.40. The molecule has 0 aliphatic rings. The molecule has 29 heavy (non-hydrogen) atoms. The molecule has 2 aromatic carbocycles. The maximum atomic E-state index is 12.7. The van der Waals surface area contributed by atoms with Gasteiger partial charge < -0.3 is 10.1 Å². The lowest BCUT2D eigenvalue weighted by molar-refractivity contribution is -0.116. The van der Waals surface area contributed by atoms with Gasteiger partial charge in [-0.1, -0.05) is 29.8 Å². The number of benzene rings is 2. The van der Waals surface area contributed by atoms with Gasteiger partial charge in [-0.15, -0.1) is 0 Å². The minimum Gasteiger partial charge on any atom is -0.494 e. The Balaban J connectivity index is 1.74. The van der Waals surface area contributed by atoms with Crippen LogP contribution in [0.25, 0.3) is 0 Å². The first-order chi connectivity index (χ1) is 14.0. The SMILES string of the molecule is CCOc1ccc(NC(=O)Cn2c(=O)ccn(Cc3ccc(C)cc3)c2=O)cc1. The lowest BCUT2D eigenvalue weighted by Crippen LogP contribution is -2.41. The van der Waals surface area contributed by atoms with E-state index >= 15 is 0 Å². The second kappa shape index (κ2) is 9.05. The molecule has 0 aliphatic heterocycles. The molecule has 7 nitrogen and oxygen atoms in total. The highest BCUT2D eigenvalue weighted by Crippen LogP contribution is 2.15. The summed E-state index contributed by atoms with van der Waals surface area (Å²) in [5.74, 6) is 0.241. The van der Waals surface area contributed by atoms with Crippen LogP contribution in [0.2, 0.25) is 0 Å². The Morgan fingerprint density at radius 1 is 1.00 bits per heavy atom. The van der Waals surface area contributed by atoms with E-state index in [1.54, 1.807) is 24.3 Å². The average Bonchev–Trinajstić information content (AvgIpc) is 2.71. The predicted molar refractivity (Wildman–Crippen MR) is 111 cm³/mol. The number of rotatable bonds is 7. The van der Waals surface area contributed by atoms with Crippen molar-refractivity contribution in [3.63, 3.8) is 0 Å². The molecule has 0 fully saturated rings. The Morgan fingerprint density at radius 2 is 1.69 bits per heavy atom. The van der Waals surface area contributed by atoms with Gasteiger partial charge in [-0.2, -0.15) is 0 Å². The highest BCUT2D eigenvalue weighted by Gasteiger charge is 2.11. The molecule has 0 saturated carbocycles. The maximum absolute atomic E-state index is 12.7. The highest BCUT2D eigenvalue weighted by molar-refractivity contribution is 5.90. The average molecular weight is 393 g/mol. The smallest absolute Gasteiger partial charge is 0.331 e. The molecule has 7 heteroatoms. The largest absolute Gasteiger partial charge is 0.494 e. The Bertz CT molecular complexity index is 1100. The Morgan fingerprint density at radius 3 is 2.34 bits per heavy atom. The zero-order valence-electron chi connectivity index (χ0n) is 16.4. The molecule has 1 N–H and O–H groups in total. The van der Waals surface area contributed by atoms with Crippen molar-refractivity contribution in [2.45, 2.75) is 26.9 Å². The first kappa shape index (κ1) is 20.1. The number of anilines is 1. The van der Waals surface area contributed by atoms with Crippen LogP contribution < -0.4 is 21.3 Å². The lowest BCUT2D eigenvalue weighted by atomic mass is 10.1. The fourth-order valence-electron chi connectivity index (χ4n) is 2.86. The van der Waals surface area contributed by atoms with Gasteiger partial charge in [-0.05, 0) is 43.7 Å². The summed E-state index contributed by atoms with van der Waals surface area (Å²) in [5.41, 5.74) is 1.57. The van der Waals surface area contributed by atoms with Gasteiger partial charge in [0.15, 0.2) is 0 Å². The van der Waals surface area contributed by atoms with Crippen molar-refractivity contribution in [2.24, 2.45) is 0 Å². The number of nitrogens with zero attached hydrogens (tertiary/aromatic N) is 2. The van der Waals surface area contributed by atoms with Gasteiger partial charge in [-0.25, -0.2) is 4.79 Å². The molecule has 0 radical (unpaired) electrons. The van der Waals surface area contributed by atoms with Crippen LogP contribution in [-0.2, 0) is 17.9 Å². The summed E-state index contributed by atoms with van der Waals surface area (Å²) >= 11 is 0. The molecule has 1 heterocycles. The maximum Gasteiger partial charge on any atom is 0.331 e. The number of amides is 1. The van der Waals surface area contributed by atoms with Crippen LogP contribution in [0.3, 0.4) is 0 Å². The van der Waals surface area contributed by atoms with Crippen LogP contribution in [-0.4, -0.2) is 21.6 Å². The van der Waals surface area contributed by atoms with Crippen LogP contribution in [0.15, 0.2) is 70.4 Å². The summed E-state index contributed by atoms with van der Waals surface area (Å²) in [5, 5.41) is 2.69. The molecule has 0 unspecified atom stereocenters. The van der Waals surface area contributed by atoms with Gasteiger partial charge in [0.05, 0.1) is 13.2 Å². The van der Waals surface area contributed by atoms with Crippen LogP contribution >= 0.6 is 0 Å². The molecular formula is C22H23N3O4. The molecule has 3 rings (SSSR count). The normalized spacial score (nSPS) is 10.6. The Labute approximate surface area is 168 Å². The number of carbonyl (C=O) groups excluding carboxylic acids is 1. The topological polar surface area (TPSA) is 82.3 Å². The van der Waals surface area contributed by atoms with Crippen molar-refractivity contribution in [1.29, 1.82) is 0 Å². The van der Waals surface area contributed by atoms with Gasteiger partial charge in [0.2, 0.25) is 5.91 Å². The Kier molecular flexibility index (Phi) is 6.29. The molecule has 0 saturated heterocycles. The molecule has 1 aromatic heterocycles. The second-order valence-electron chi connectivity index (χ2n) is 6.64. The fraction of sp³-hybridized carbons (Fsp3) is 0.227. The van der Waals surface area contributed by atoms with Gasteiger partial charge in [0, 0.05) is 18.0 Å². The fourth-order valence-corrected chi connectivity index (χ4v) is 2.86. The number of carbonyl (C=O) groups is 1. The van der Waals surface area contributed by atoms with Gasteiger partial charge >= 0.3 is 5.69 Å². The van der Waals surface area contributed by atoms with E-state index in [-0.39, 0.29) is 6.54 Å². The number of nitrogens with one attached hydrogen (secondary N) is 1. The minimum absolute atomic E-state index is 0.319. The summed E-state index contributed by atoms with van der Waals surface area (Å²) in [6, 6.07) is 15.9. The Hall–Kier alpha value is -3.61. The van der Waals surface area contributed by atoms with Gasteiger partial charge in [0.1, 0.15) is 12.3 Å². The van der Waals surface area contributed by atoms with Crippen LogP contribution in [0, 0.1) is 6.92 Å². The molecule has 0 aliphatic carbocycles. The van der Waals surface area contributed by atoms with Crippen molar-refractivity contribution in [1.82, 2.24) is 9.13 Å². The van der Waals surface area contributed by atoms with Crippen molar-refractivity contribution in [3.05, 3.63) is 92.8 Å². The number of ether oxygens (including phenoxy) is 1. The number of hydrogen-bond donors (Lipinski definition) is 1. The van der Waals surface area contributed by atoms with E-state index < -0.39 is 17.2 Å². The number of aromatic nitrogens is 2. The molecule has 150 valence electrons. The molecule has 1 amide bonds. The molecule has 3 aromatic rings. The molecule has 0 atom stereocenters. The number of aryl methyl sites for hydroxylation is 1. The zero-order chi connectivity index (χ0) is 20.8. The van der Waals surface area contributed by atoms with E-state index in [9.17, 15) is 14.4 Å². The summed E-state index contributed by atoms with van der Waals surface area (Å²) in [7, 11) is 0. The lowest BCUT2D eigenvalue weighted by Gasteiger charge is -2.11. The summed E-state index contributed by atoms with van der Waals surface area (Å²) in [6.45, 7) is 4.38. The first-order valence-electron chi connectivity index (χ1n) is 9.35.